The number of carbonyl (C=O) groups excluding carboxylic acids is 1. The van der Waals surface area contributed by atoms with Crippen LogP contribution in [0, 0.1) is 6.92 Å². The van der Waals surface area contributed by atoms with Crippen LogP contribution in [0.4, 0.5) is 0 Å². The van der Waals surface area contributed by atoms with Crippen molar-refractivity contribution in [3.63, 3.8) is 0 Å². The van der Waals surface area contributed by atoms with Crippen LogP contribution in [-0.4, -0.2) is 29.5 Å². The average molecular weight is 372 g/mol. The zero-order chi connectivity index (χ0) is 15.5. The summed E-state index contributed by atoms with van der Waals surface area (Å²) in [6, 6.07) is 8.00. The number of aryl methyl sites for hydroxylation is 1. The van der Waals surface area contributed by atoms with Gasteiger partial charge < -0.3 is 15.1 Å². The number of halogens is 2. The molecule has 3 rings (SSSR count). The van der Waals surface area contributed by atoms with Crippen molar-refractivity contribution >= 4 is 30.7 Å². The summed E-state index contributed by atoms with van der Waals surface area (Å²) < 4.78 is 5.34. The first kappa shape index (κ1) is 20.5. The Morgan fingerprint density at radius 1 is 1.33 bits per heavy atom. The van der Waals surface area contributed by atoms with Gasteiger partial charge in [-0.1, -0.05) is 0 Å². The Bertz CT molecular complexity index is 662. The van der Waals surface area contributed by atoms with Crippen molar-refractivity contribution in [2.24, 2.45) is 0 Å². The Balaban J connectivity index is 0.00000144. The fourth-order valence-electron chi connectivity index (χ4n) is 2.89. The number of rotatable bonds is 3. The standard InChI is InChI=1S/C17H21N3O2.2ClH/c1-11-10-13(7-8-18-11)20-17(21)14-5-6-15(19-12(14)2)16-4-3-9-22-16;;/h3-6,9,11,13,18H,7-8,10H2,1-2H3,(H,20,21);2*1H. The number of hydrogen-bond donors (Lipinski definition) is 2. The maximum Gasteiger partial charge on any atom is 0.253 e. The van der Waals surface area contributed by atoms with Gasteiger partial charge in [-0.15, -0.1) is 24.8 Å². The number of aromatic nitrogens is 1. The van der Waals surface area contributed by atoms with Crippen molar-refractivity contribution < 1.29 is 9.21 Å². The summed E-state index contributed by atoms with van der Waals surface area (Å²) in [4.78, 5) is 16.9. The lowest BCUT2D eigenvalue weighted by atomic mass is 10.00. The summed E-state index contributed by atoms with van der Waals surface area (Å²) in [6.07, 6.45) is 3.54. The molecule has 2 atom stereocenters. The summed E-state index contributed by atoms with van der Waals surface area (Å²) in [6.45, 7) is 4.94. The van der Waals surface area contributed by atoms with E-state index in [2.05, 4.69) is 22.5 Å². The van der Waals surface area contributed by atoms with Crippen LogP contribution in [0.25, 0.3) is 11.5 Å². The van der Waals surface area contributed by atoms with Crippen molar-refractivity contribution in [1.29, 1.82) is 0 Å². The number of furan rings is 1. The highest BCUT2D eigenvalue weighted by atomic mass is 35.5. The third-order valence-electron chi connectivity index (χ3n) is 4.06. The molecule has 2 unspecified atom stereocenters. The molecule has 0 aromatic carbocycles. The number of pyridine rings is 1. The first-order chi connectivity index (χ1) is 10.6. The van der Waals surface area contributed by atoms with E-state index in [1.165, 1.54) is 0 Å². The molecular formula is C17H23Cl2N3O2. The van der Waals surface area contributed by atoms with E-state index in [0.29, 0.717) is 23.1 Å². The monoisotopic (exact) mass is 371 g/mol. The van der Waals surface area contributed by atoms with E-state index in [9.17, 15) is 4.79 Å². The lowest BCUT2D eigenvalue weighted by molar-refractivity contribution is 0.0924. The molecule has 0 radical (unpaired) electrons. The second kappa shape index (κ2) is 9.06. The topological polar surface area (TPSA) is 67.2 Å². The number of hydrogen-bond acceptors (Lipinski definition) is 4. The summed E-state index contributed by atoms with van der Waals surface area (Å²) in [7, 11) is 0. The Kier molecular flexibility index (Phi) is 7.73. The number of nitrogens with one attached hydrogen (secondary N) is 2. The second-order valence-electron chi connectivity index (χ2n) is 5.86. The van der Waals surface area contributed by atoms with E-state index in [1.807, 2.05) is 31.2 Å². The second-order valence-corrected chi connectivity index (χ2v) is 5.86. The van der Waals surface area contributed by atoms with Crippen LogP contribution in [-0.2, 0) is 0 Å². The lowest BCUT2D eigenvalue weighted by Crippen LogP contribution is -2.46. The van der Waals surface area contributed by atoms with Crippen LogP contribution in [0.3, 0.4) is 0 Å². The van der Waals surface area contributed by atoms with Crippen molar-refractivity contribution in [3.05, 3.63) is 41.8 Å². The van der Waals surface area contributed by atoms with E-state index in [-0.39, 0.29) is 36.8 Å². The van der Waals surface area contributed by atoms with Crippen LogP contribution in [0.2, 0.25) is 0 Å². The van der Waals surface area contributed by atoms with Crippen molar-refractivity contribution in [3.8, 4) is 11.5 Å². The van der Waals surface area contributed by atoms with Gasteiger partial charge in [0.15, 0.2) is 5.76 Å². The van der Waals surface area contributed by atoms with Gasteiger partial charge in [0.05, 0.1) is 17.5 Å². The maximum absolute atomic E-state index is 12.4. The minimum Gasteiger partial charge on any atom is -0.463 e. The fraction of sp³-hybridized carbons (Fsp3) is 0.412. The van der Waals surface area contributed by atoms with Crippen LogP contribution in [0.5, 0.6) is 0 Å². The van der Waals surface area contributed by atoms with Crippen molar-refractivity contribution in [2.45, 2.75) is 38.8 Å². The van der Waals surface area contributed by atoms with Gasteiger partial charge in [0.1, 0.15) is 5.69 Å². The van der Waals surface area contributed by atoms with Gasteiger partial charge in [0, 0.05) is 12.1 Å². The predicted octanol–water partition coefficient (Wildman–Crippen LogP) is 3.36. The molecule has 0 spiro atoms. The van der Waals surface area contributed by atoms with Crippen molar-refractivity contribution in [1.82, 2.24) is 15.6 Å². The number of carbonyl (C=O) groups is 1. The molecular weight excluding hydrogens is 349 g/mol. The molecule has 3 heterocycles. The third-order valence-corrected chi connectivity index (χ3v) is 4.06. The van der Waals surface area contributed by atoms with Gasteiger partial charge in [0.25, 0.3) is 5.91 Å². The van der Waals surface area contributed by atoms with Crippen LogP contribution in [0.1, 0.15) is 35.8 Å². The van der Waals surface area contributed by atoms with Gasteiger partial charge >= 0.3 is 0 Å². The normalized spacial score (nSPS) is 19.8. The highest BCUT2D eigenvalue weighted by Crippen LogP contribution is 2.19. The number of nitrogens with zero attached hydrogens (tertiary/aromatic N) is 1. The van der Waals surface area contributed by atoms with Gasteiger partial charge in [-0.2, -0.15) is 0 Å². The Hall–Kier alpha value is -1.56. The first-order valence-corrected chi connectivity index (χ1v) is 7.69. The molecule has 132 valence electrons. The molecule has 1 aliphatic heterocycles. The Morgan fingerprint density at radius 2 is 2.12 bits per heavy atom. The SMILES string of the molecule is Cc1nc(-c2ccco2)ccc1C(=O)NC1CCNC(C)C1.Cl.Cl. The zero-order valence-electron chi connectivity index (χ0n) is 13.7. The number of piperidine rings is 1. The quantitative estimate of drug-likeness (QED) is 0.867. The van der Waals surface area contributed by atoms with Gasteiger partial charge in [-0.05, 0) is 57.5 Å². The molecule has 5 nitrogen and oxygen atoms in total. The number of amides is 1. The fourth-order valence-corrected chi connectivity index (χ4v) is 2.89. The molecule has 7 heteroatoms. The van der Waals surface area contributed by atoms with E-state index >= 15 is 0 Å². The molecule has 2 aromatic rings. The van der Waals surface area contributed by atoms with Gasteiger partial charge in [-0.25, -0.2) is 4.98 Å². The highest BCUT2D eigenvalue weighted by Gasteiger charge is 2.21. The summed E-state index contributed by atoms with van der Waals surface area (Å²) >= 11 is 0. The van der Waals surface area contributed by atoms with Crippen LogP contribution >= 0.6 is 24.8 Å². The van der Waals surface area contributed by atoms with E-state index in [1.54, 1.807) is 6.26 Å². The van der Waals surface area contributed by atoms with Crippen molar-refractivity contribution in [2.75, 3.05) is 6.54 Å². The molecule has 0 bridgehead atoms. The largest absolute Gasteiger partial charge is 0.463 e. The Morgan fingerprint density at radius 3 is 2.75 bits per heavy atom. The molecule has 1 fully saturated rings. The van der Waals surface area contributed by atoms with Gasteiger partial charge in [-0.3, -0.25) is 4.79 Å². The highest BCUT2D eigenvalue weighted by molar-refractivity contribution is 5.95. The Labute approximate surface area is 154 Å². The smallest absolute Gasteiger partial charge is 0.253 e. The van der Waals surface area contributed by atoms with E-state index in [0.717, 1.165) is 25.1 Å². The predicted molar refractivity (Wildman–Crippen MR) is 99.1 cm³/mol. The summed E-state index contributed by atoms with van der Waals surface area (Å²) in [5.74, 6) is 0.664. The first-order valence-electron chi connectivity index (χ1n) is 7.69. The lowest BCUT2D eigenvalue weighted by Gasteiger charge is -2.28. The van der Waals surface area contributed by atoms with Crippen LogP contribution < -0.4 is 10.6 Å². The minimum atomic E-state index is -0.0462. The molecule has 2 N–H and O–H groups in total. The molecule has 0 aliphatic carbocycles. The minimum absolute atomic E-state index is 0. The van der Waals surface area contributed by atoms with E-state index in [4.69, 9.17) is 4.42 Å². The molecule has 24 heavy (non-hydrogen) atoms. The molecule has 1 amide bonds. The van der Waals surface area contributed by atoms with E-state index < -0.39 is 0 Å². The maximum atomic E-state index is 12.4. The molecule has 0 saturated carbocycles. The average Bonchev–Trinajstić information content (AvgIpc) is 3.01. The zero-order valence-corrected chi connectivity index (χ0v) is 15.4. The molecule has 1 saturated heterocycles. The third kappa shape index (κ3) is 4.72. The summed E-state index contributed by atoms with van der Waals surface area (Å²) in [5, 5.41) is 6.50. The molecule has 1 aliphatic rings. The van der Waals surface area contributed by atoms with Gasteiger partial charge in [0.2, 0.25) is 0 Å². The summed E-state index contributed by atoms with van der Waals surface area (Å²) in [5.41, 5.74) is 2.09. The molecule has 2 aromatic heterocycles. The van der Waals surface area contributed by atoms with Crippen LogP contribution in [0.15, 0.2) is 34.9 Å².